The van der Waals surface area contributed by atoms with Gasteiger partial charge in [-0.1, -0.05) is 18.3 Å². The van der Waals surface area contributed by atoms with E-state index in [1.807, 2.05) is 25.1 Å². The third kappa shape index (κ3) is 2.64. The minimum absolute atomic E-state index is 0.609. The van der Waals surface area contributed by atoms with Gasteiger partial charge >= 0.3 is 0 Å². The molecule has 0 unspecified atom stereocenters. The molecule has 0 spiro atoms. The van der Waals surface area contributed by atoms with Crippen LogP contribution in [0.5, 0.6) is 0 Å². The van der Waals surface area contributed by atoms with Gasteiger partial charge in [-0.15, -0.1) is 0 Å². The lowest BCUT2D eigenvalue weighted by atomic mass is 10.2. The molecule has 1 aliphatic heterocycles. The molecule has 0 radical (unpaired) electrons. The van der Waals surface area contributed by atoms with Crippen molar-refractivity contribution in [1.29, 1.82) is 0 Å². The lowest BCUT2D eigenvalue weighted by Gasteiger charge is -2.32. The minimum atomic E-state index is 0.609. The van der Waals surface area contributed by atoms with E-state index in [0.717, 1.165) is 29.5 Å². The number of aromatic nitrogens is 1. The maximum Gasteiger partial charge on any atom is 0.0997 e. The molecule has 0 N–H and O–H groups in total. The van der Waals surface area contributed by atoms with Gasteiger partial charge in [0.2, 0.25) is 0 Å². The summed E-state index contributed by atoms with van der Waals surface area (Å²) in [7, 11) is 0. The molecule has 1 saturated heterocycles. The van der Waals surface area contributed by atoms with Crippen molar-refractivity contribution in [2.75, 3.05) is 19.6 Å². The van der Waals surface area contributed by atoms with Gasteiger partial charge in [-0.05, 0) is 25.5 Å². The highest BCUT2D eigenvalue weighted by molar-refractivity contribution is 7.80. The average molecular weight is 233 g/mol. The van der Waals surface area contributed by atoms with Crippen LogP contribution in [0.4, 0.5) is 0 Å². The van der Waals surface area contributed by atoms with Crippen molar-refractivity contribution >= 4 is 22.9 Å². The van der Waals surface area contributed by atoms with Crippen LogP contribution in [-0.2, 0) is 0 Å². The molecule has 1 aromatic heterocycles. The Bertz CT molecular complexity index is 396. The highest BCUT2D eigenvalue weighted by atomic mass is 32.1. The van der Waals surface area contributed by atoms with Crippen LogP contribution in [0.3, 0.4) is 0 Å². The topological polar surface area (TPSA) is 28.5 Å². The Balaban J connectivity index is 1.94. The minimum Gasteiger partial charge on any atom is -0.364 e. The summed E-state index contributed by atoms with van der Waals surface area (Å²) in [6, 6.07) is 5.84. The van der Waals surface area contributed by atoms with E-state index in [4.69, 9.17) is 12.2 Å². The summed E-state index contributed by atoms with van der Waals surface area (Å²) in [4.78, 5) is 11.9. The second kappa shape index (κ2) is 5.16. The van der Waals surface area contributed by atoms with Crippen LogP contribution in [0, 0.1) is 0 Å². The second-order valence-corrected chi connectivity index (χ2v) is 4.32. The molecule has 0 amide bonds. The Labute approximate surface area is 101 Å². The molecule has 1 fully saturated rings. The molecule has 0 aliphatic carbocycles. The molecule has 1 aromatic rings. The number of nitrogens with zero attached hydrogens (tertiary/aromatic N) is 3. The predicted octanol–water partition coefficient (Wildman–Crippen LogP) is 1.92. The Kier molecular flexibility index (Phi) is 3.62. The van der Waals surface area contributed by atoms with Crippen LogP contribution in [0.2, 0.25) is 0 Å². The van der Waals surface area contributed by atoms with E-state index in [-0.39, 0.29) is 0 Å². The summed E-state index contributed by atoms with van der Waals surface area (Å²) in [6.45, 7) is 4.77. The fraction of sp³-hybridized carbons (Fsp3) is 0.417. The van der Waals surface area contributed by atoms with Crippen molar-refractivity contribution in [1.82, 2.24) is 9.88 Å². The average Bonchev–Trinajstić information content (AvgIpc) is 2.25. The van der Waals surface area contributed by atoms with Gasteiger partial charge in [0.15, 0.2) is 0 Å². The van der Waals surface area contributed by atoms with Crippen LogP contribution in [0.1, 0.15) is 19.0 Å². The Hall–Kier alpha value is -1.29. The lowest BCUT2D eigenvalue weighted by Crippen LogP contribution is -2.42. The van der Waals surface area contributed by atoms with E-state index >= 15 is 0 Å². The van der Waals surface area contributed by atoms with Gasteiger partial charge in [0.05, 0.1) is 22.9 Å². The third-order valence-corrected chi connectivity index (χ3v) is 3.08. The standard InChI is InChI=1S/C12H15N3S/c1-10(11-5-2-3-6-13-11)14-9-12(16)15-7-4-8-15/h2-3,5-6H,4,7-9H2,1H3. The molecular formula is C12H15N3S. The SMILES string of the molecule is CC(=NCC(=S)N1CCC1)c1ccccn1. The van der Waals surface area contributed by atoms with Crippen molar-refractivity contribution < 1.29 is 0 Å². The fourth-order valence-electron chi connectivity index (χ4n) is 1.51. The van der Waals surface area contributed by atoms with Gasteiger partial charge in [0, 0.05) is 19.3 Å². The van der Waals surface area contributed by atoms with E-state index < -0.39 is 0 Å². The Morgan fingerprint density at radius 2 is 2.31 bits per heavy atom. The Morgan fingerprint density at radius 3 is 2.88 bits per heavy atom. The first-order chi connectivity index (χ1) is 7.77. The number of thiocarbonyl (C=S) groups is 1. The first-order valence-corrected chi connectivity index (χ1v) is 5.88. The highest BCUT2D eigenvalue weighted by Gasteiger charge is 2.16. The third-order valence-electron chi connectivity index (χ3n) is 2.70. The normalized spacial score (nSPS) is 15.8. The second-order valence-electron chi connectivity index (χ2n) is 3.85. The molecule has 3 nitrogen and oxygen atoms in total. The molecule has 0 saturated carbocycles. The summed E-state index contributed by atoms with van der Waals surface area (Å²) in [5, 5.41) is 0. The molecular weight excluding hydrogens is 218 g/mol. The number of pyridine rings is 1. The molecule has 0 atom stereocenters. The maximum absolute atomic E-state index is 5.29. The Morgan fingerprint density at radius 1 is 1.50 bits per heavy atom. The van der Waals surface area contributed by atoms with Gasteiger partial charge in [-0.2, -0.15) is 0 Å². The number of aliphatic imine (C=N–C) groups is 1. The zero-order chi connectivity index (χ0) is 11.4. The van der Waals surface area contributed by atoms with Gasteiger partial charge in [-0.25, -0.2) is 0 Å². The van der Waals surface area contributed by atoms with Crippen molar-refractivity contribution in [3.63, 3.8) is 0 Å². The molecule has 0 aromatic carbocycles. The van der Waals surface area contributed by atoms with Crippen LogP contribution >= 0.6 is 12.2 Å². The molecule has 2 rings (SSSR count). The van der Waals surface area contributed by atoms with Crippen molar-refractivity contribution in [3.05, 3.63) is 30.1 Å². The van der Waals surface area contributed by atoms with Crippen LogP contribution in [-0.4, -0.2) is 40.2 Å². The summed E-state index contributed by atoms with van der Waals surface area (Å²) in [5.41, 5.74) is 1.87. The first-order valence-electron chi connectivity index (χ1n) is 5.47. The fourth-order valence-corrected chi connectivity index (χ4v) is 1.76. The van der Waals surface area contributed by atoms with Crippen molar-refractivity contribution in [2.24, 2.45) is 4.99 Å². The molecule has 2 heterocycles. The summed E-state index contributed by atoms with van der Waals surface area (Å²) < 4.78 is 0. The van der Waals surface area contributed by atoms with E-state index in [1.54, 1.807) is 6.20 Å². The number of rotatable bonds is 3. The summed E-state index contributed by atoms with van der Waals surface area (Å²) in [5.74, 6) is 0. The summed E-state index contributed by atoms with van der Waals surface area (Å²) >= 11 is 5.29. The monoisotopic (exact) mass is 233 g/mol. The van der Waals surface area contributed by atoms with Gasteiger partial charge in [-0.3, -0.25) is 9.98 Å². The van der Waals surface area contributed by atoms with E-state index in [0.29, 0.717) is 6.54 Å². The number of hydrogen-bond acceptors (Lipinski definition) is 3. The van der Waals surface area contributed by atoms with E-state index in [9.17, 15) is 0 Å². The quantitative estimate of drug-likeness (QED) is 0.590. The van der Waals surface area contributed by atoms with Crippen LogP contribution < -0.4 is 0 Å². The number of hydrogen-bond donors (Lipinski definition) is 0. The van der Waals surface area contributed by atoms with E-state index in [1.165, 1.54) is 6.42 Å². The first kappa shape index (κ1) is 11.2. The highest BCUT2D eigenvalue weighted by Crippen LogP contribution is 2.07. The molecule has 1 aliphatic rings. The largest absolute Gasteiger partial charge is 0.364 e. The number of likely N-dealkylation sites (tertiary alicyclic amines) is 1. The molecule has 16 heavy (non-hydrogen) atoms. The summed E-state index contributed by atoms with van der Waals surface area (Å²) in [6.07, 6.45) is 3.03. The zero-order valence-electron chi connectivity index (χ0n) is 9.39. The zero-order valence-corrected chi connectivity index (χ0v) is 10.2. The smallest absolute Gasteiger partial charge is 0.0997 e. The van der Waals surface area contributed by atoms with E-state index in [2.05, 4.69) is 14.9 Å². The lowest BCUT2D eigenvalue weighted by molar-refractivity contribution is 0.302. The molecule has 4 heteroatoms. The van der Waals surface area contributed by atoms with Crippen LogP contribution in [0.15, 0.2) is 29.4 Å². The maximum atomic E-state index is 5.29. The van der Waals surface area contributed by atoms with Crippen molar-refractivity contribution in [3.8, 4) is 0 Å². The molecule has 0 bridgehead atoms. The molecule has 84 valence electrons. The van der Waals surface area contributed by atoms with Crippen molar-refractivity contribution in [2.45, 2.75) is 13.3 Å². The van der Waals surface area contributed by atoms with Gasteiger partial charge in [0.25, 0.3) is 0 Å². The predicted molar refractivity (Wildman–Crippen MR) is 70.1 cm³/mol. The van der Waals surface area contributed by atoms with Gasteiger partial charge < -0.3 is 4.90 Å². The van der Waals surface area contributed by atoms with Gasteiger partial charge in [0.1, 0.15) is 0 Å². The van der Waals surface area contributed by atoms with Crippen LogP contribution in [0.25, 0.3) is 0 Å².